The van der Waals surface area contributed by atoms with Gasteiger partial charge in [0.15, 0.2) is 0 Å². The van der Waals surface area contributed by atoms with Crippen molar-refractivity contribution in [2.75, 3.05) is 0 Å². The standard InChI is InChI=1S/C20H19NO4/c22-18-16-10-13-4-1-2-5-14(13)11-17(16)19(23)21(18)15-7-3-6-12(8-9-15)20(24)25/h1-2,4-5,10-12,15H,3,6-9H2,(H,24,25). The number of carbonyl (C=O) groups is 3. The van der Waals surface area contributed by atoms with Crippen LogP contribution in [-0.4, -0.2) is 33.8 Å². The zero-order valence-electron chi connectivity index (χ0n) is 13.8. The summed E-state index contributed by atoms with van der Waals surface area (Å²) in [5.41, 5.74) is 0.922. The molecule has 0 spiro atoms. The smallest absolute Gasteiger partial charge is 0.306 e. The Morgan fingerprint density at radius 2 is 1.52 bits per heavy atom. The van der Waals surface area contributed by atoms with Crippen LogP contribution >= 0.6 is 0 Å². The van der Waals surface area contributed by atoms with E-state index in [1.807, 2.05) is 24.3 Å². The maximum absolute atomic E-state index is 12.9. The van der Waals surface area contributed by atoms with Gasteiger partial charge < -0.3 is 5.11 Å². The fourth-order valence-corrected chi connectivity index (χ4v) is 4.06. The number of nitrogens with zero attached hydrogens (tertiary/aromatic N) is 1. The predicted octanol–water partition coefficient (Wildman–Crippen LogP) is 3.47. The Hall–Kier alpha value is -2.69. The number of carboxylic acid groups (broad SMARTS) is 1. The van der Waals surface area contributed by atoms with Gasteiger partial charge in [0.05, 0.1) is 17.0 Å². The molecule has 1 aliphatic carbocycles. The number of benzene rings is 2. The quantitative estimate of drug-likeness (QED) is 0.672. The molecule has 2 aliphatic rings. The van der Waals surface area contributed by atoms with E-state index in [-0.39, 0.29) is 23.8 Å². The van der Waals surface area contributed by atoms with Gasteiger partial charge in [-0.3, -0.25) is 19.3 Å². The second-order valence-electron chi connectivity index (χ2n) is 6.92. The van der Waals surface area contributed by atoms with Gasteiger partial charge in [0, 0.05) is 6.04 Å². The van der Waals surface area contributed by atoms with Crippen LogP contribution in [0.4, 0.5) is 0 Å². The molecule has 2 aromatic carbocycles. The van der Waals surface area contributed by atoms with Gasteiger partial charge in [-0.05, 0) is 48.6 Å². The molecule has 0 aromatic heterocycles. The lowest BCUT2D eigenvalue weighted by Crippen LogP contribution is -2.39. The fourth-order valence-electron chi connectivity index (χ4n) is 4.06. The van der Waals surface area contributed by atoms with Gasteiger partial charge in [0.1, 0.15) is 0 Å². The van der Waals surface area contributed by atoms with E-state index in [4.69, 9.17) is 0 Å². The fraction of sp³-hybridized carbons (Fsp3) is 0.350. The molecule has 128 valence electrons. The van der Waals surface area contributed by atoms with Crippen LogP contribution in [0.25, 0.3) is 10.8 Å². The van der Waals surface area contributed by atoms with E-state index in [0.29, 0.717) is 36.8 Å². The summed E-state index contributed by atoms with van der Waals surface area (Å²) >= 11 is 0. The van der Waals surface area contributed by atoms with Crippen LogP contribution in [0.3, 0.4) is 0 Å². The molecule has 4 rings (SSSR count). The summed E-state index contributed by atoms with van der Waals surface area (Å²) in [5, 5.41) is 11.1. The Bertz CT molecular complexity index is 834. The van der Waals surface area contributed by atoms with Crippen LogP contribution in [-0.2, 0) is 4.79 Å². The first kappa shape index (κ1) is 15.8. The minimum absolute atomic E-state index is 0.208. The van der Waals surface area contributed by atoms with Gasteiger partial charge in [-0.2, -0.15) is 0 Å². The van der Waals surface area contributed by atoms with E-state index in [1.165, 1.54) is 4.90 Å². The van der Waals surface area contributed by atoms with Crippen LogP contribution in [0.1, 0.15) is 52.8 Å². The van der Waals surface area contributed by atoms with Crippen LogP contribution in [0.2, 0.25) is 0 Å². The van der Waals surface area contributed by atoms with Crippen molar-refractivity contribution in [3.05, 3.63) is 47.5 Å². The van der Waals surface area contributed by atoms with E-state index in [9.17, 15) is 19.5 Å². The largest absolute Gasteiger partial charge is 0.481 e. The summed E-state index contributed by atoms with van der Waals surface area (Å²) in [5.74, 6) is -1.65. The lowest BCUT2D eigenvalue weighted by atomic mass is 10.0. The molecule has 1 heterocycles. The van der Waals surface area contributed by atoms with E-state index < -0.39 is 5.97 Å². The zero-order chi connectivity index (χ0) is 17.6. The van der Waals surface area contributed by atoms with E-state index in [0.717, 1.165) is 17.2 Å². The first-order valence-electron chi connectivity index (χ1n) is 8.70. The average Bonchev–Trinajstić information content (AvgIpc) is 2.78. The van der Waals surface area contributed by atoms with Crippen molar-refractivity contribution in [1.82, 2.24) is 4.90 Å². The number of imide groups is 1. The molecule has 2 unspecified atom stereocenters. The monoisotopic (exact) mass is 337 g/mol. The van der Waals surface area contributed by atoms with E-state index in [1.54, 1.807) is 12.1 Å². The van der Waals surface area contributed by atoms with Crippen LogP contribution in [0.5, 0.6) is 0 Å². The number of amides is 2. The number of hydrogen-bond acceptors (Lipinski definition) is 3. The van der Waals surface area contributed by atoms with Gasteiger partial charge in [0.25, 0.3) is 11.8 Å². The second-order valence-corrected chi connectivity index (χ2v) is 6.92. The molecule has 2 aromatic rings. The third-order valence-electron chi connectivity index (χ3n) is 5.44. The summed E-state index contributed by atoms with van der Waals surface area (Å²) in [6, 6.07) is 11.1. The molecule has 2 amide bonds. The number of aliphatic carboxylic acids is 1. The highest BCUT2D eigenvalue weighted by Crippen LogP contribution is 2.34. The van der Waals surface area contributed by atoms with Crippen molar-refractivity contribution < 1.29 is 19.5 Å². The topological polar surface area (TPSA) is 74.7 Å². The van der Waals surface area contributed by atoms with Crippen molar-refractivity contribution in [3.63, 3.8) is 0 Å². The Kier molecular flexibility index (Phi) is 3.79. The number of carbonyl (C=O) groups excluding carboxylic acids is 2. The normalized spacial score (nSPS) is 23.6. The molecule has 0 bridgehead atoms. The predicted molar refractivity (Wildman–Crippen MR) is 92.4 cm³/mol. The van der Waals surface area contributed by atoms with Gasteiger partial charge in [-0.1, -0.05) is 30.7 Å². The number of rotatable bonds is 2. The second kappa shape index (κ2) is 5.99. The Morgan fingerprint density at radius 3 is 2.08 bits per heavy atom. The SMILES string of the molecule is O=C(O)C1CCCC(N2C(=O)c3cc4ccccc4cc3C2=O)CC1. The first-order valence-corrected chi connectivity index (χ1v) is 8.70. The number of carboxylic acids is 1. The summed E-state index contributed by atoms with van der Waals surface area (Å²) in [6.45, 7) is 0. The molecular formula is C20H19NO4. The minimum Gasteiger partial charge on any atom is -0.481 e. The highest BCUT2D eigenvalue weighted by molar-refractivity contribution is 6.23. The van der Waals surface area contributed by atoms with Gasteiger partial charge >= 0.3 is 5.97 Å². The maximum Gasteiger partial charge on any atom is 0.306 e. The summed E-state index contributed by atoms with van der Waals surface area (Å²) < 4.78 is 0. The molecule has 0 radical (unpaired) electrons. The Labute approximate surface area is 145 Å². The third-order valence-corrected chi connectivity index (χ3v) is 5.44. The molecule has 0 saturated heterocycles. The van der Waals surface area contributed by atoms with Crippen molar-refractivity contribution in [1.29, 1.82) is 0 Å². The van der Waals surface area contributed by atoms with Crippen molar-refractivity contribution >= 4 is 28.6 Å². The summed E-state index contributed by atoms with van der Waals surface area (Å²) in [4.78, 5) is 38.3. The minimum atomic E-state index is -0.783. The zero-order valence-corrected chi connectivity index (χ0v) is 13.8. The van der Waals surface area contributed by atoms with Gasteiger partial charge in [-0.15, -0.1) is 0 Å². The molecule has 1 fully saturated rings. The summed E-state index contributed by atoms with van der Waals surface area (Å²) in [7, 11) is 0. The van der Waals surface area contributed by atoms with E-state index in [2.05, 4.69) is 0 Å². The van der Waals surface area contributed by atoms with Crippen LogP contribution in [0.15, 0.2) is 36.4 Å². The Balaban J connectivity index is 1.65. The molecule has 25 heavy (non-hydrogen) atoms. The van der Waals surface area contributed by atoms with Gasteiger partial charge in [-0.25, -0.2) is 0 Å². The van der Waals surface area contributed by atoms with Crippen molar-refractivity contribution in [3.8, 4) is 0 Å². The maximum atomic E-state index is 12.9. The van der Waals surface area contributed by atoms with Crippen LogP contribution < -0.4 is 0 Å². The molecule has 5 nitrogen and oxygen atoms in total. The number of hydrogen-bond donors (Lipinski definition) is 1. The lowest BCUT2D eigenvalue weighted by molar-refractivity contribution is -0.142. The Morgan fingerprint density at radius 1 is 0.920 bits per heavy atom. The highest BCUT2D eigenvalue weighted by Gasteiger charge is 2.41. The van der Waals surface area contributed by atoms with Gasteiger partial charge in [0.2, 0.25) is 0 Å². The molecule has 1 N–H and O–H groups in total. The molecule has 5 heteroatoms. The van der Waals surface area contributed by atoms with Crippen LogP contribution in [0, 0.1) is 5.92 Å². The number of fused-ring (bicyclic) bond motifs is 2. The van der Waals surface area contributed by atoms with Crippen molar-refractivity contribution in [2.45, 2.75) is 38.1 Å². The lowest BCUT2D eigenvalue weighted by Gasteiger charge is -2.24. The molecule has 1 aliphatic heterocycles. The first-order chi connectivity index (χ1) is 12.1. The molecular weight excluding hydrogens is 318 g/mol. The van der Waals surface area contributed by atoms with E-state index >= 15 is 0 Å². The summed E-state index contributed by atoms with van der Waals surface area (Å²) in [6.07, 6.45) is 3.07. The molecule has 2 atom stereocenters. The average molecular weight is 337 g/mol. The highest BCUT2D eigenvalue weighted by atomic mass is 16.4. The molecule has 1 saturated carbocycles. The van der Waals surface area contributed by atoms with Crippen molar-refractivity contribution in [2.24, 2.45) is 5.92 Å². The third kappa shape index (κ3) is 2.60.